The monoisotopic (exact) mass is 379 g/mol. The molecule has 0 aliphatic carbocycles. The Labute approximate surface area is 164 Å². The SMILES string of the molecule is Cc1ccc(OCC(=O)NNC(=O)CCCc2c[nH]c3ccccc23)cc1C. The quantitative estimate of drug-likeness (QED) is 0.551. The van der Waals surface area contributed by atoms with E-state index in [2.05, 4.69) is 21.9 Å². The zero-order valence-electron chi connectivity index (χ0n) is 16.2. The fraction of sp³-hybridized carbons (Fsp3) is 0.273. The number of ether oxygens (including phenoxy) is 1. The summed E-state index contributed by atoms with van der Waals surface area (Å²) in [6, 6.07) is 13.7. The third-order valence-corrected chi connectivity index (χ3v) is 4.71. The second-order valence-electron chi connectivity index (χ2n) is 6.84. The molecule has 6 nitrogen and oxygen atoms in total. The molecule has 0 unspecified atom stereocenters. The first-order valence-electron chi connectivity index (χ1n) is 9.35. The van der Waals surface area contributed by atoms with Crippen molar-refractivity contribution in [3.05, 3.63) is 65.4 Å². The number of fused-ring (bicyclic) bond motifs is 1. The van der Waals surface area contributed by atoms with Crippen LogP contribution < -0.4 is 15.6 Å². The predicted molar refractivity (Wildman–Crippen MR) is 109 cm³/mol. The number of rotatable bonds is 7. The Hall–Kier alpha value is -3.28. The fourth-order valence-corrected chi connectivity index (χ4v) is 2.97. The van der Waals surface area contributed by atoms with E-state index in [4.69, 9.17) is 4.74 Å². The third-order valence-electron chi connectivity index (χ3n) is 4.71. The average Bonchev–Trinajstić information content (AvgIpc) is 3.10. The highest BCUT2D eigenvalue weighted by molar-refractivity contribution is 5.84. The van der Waals surface area contributed by atoms with Crippen LogP contribution in [0.1, 0.15) is 29.5 Å². The van der Waals surface area contributed by atoms with Gasteiger partial charge in [-0.15, -0.1) is 0 Å². The van der Waals surface area contributed by atoms with Gasteiger partial charge >= 0.3 is 0 Å². The first-order chi connectivity index (χ1) is 13.5. The van der Waals surface area contributed by atoms with Gasteiger partial charge in [0.15, 0.2) is 6.61 Å². The molecule has 28 heavy (non-hydrogen) atoms. The van der Waals surface area contributed by atoms with Gasteiger partial charge in [0, 0.05) is 23.5 Å². The Bertz CT molecular complexity index is 978. The molecule has 0 spiro atoms. The van der Waals surface area contributed by atoms with Crippen molar-refractivity contribution < 1.29 is 14.3 Å². The molecule has 3 aromatic rings. The van der Waals surface area contributed by atoms with E-state index in [9.17, 15) is 9.59 Å². The lowest BCUT2D eigenvalue weighted by Gasteiger charge is -2.10. The lowest BCUT2D eigenvalue weighted by Crippen LogP contribution is -2.43. The zero-order chi connectivity index (χ0) is 19.9. The number of amides is 2. The third kappa shape index (κ3) is 5.13. The van der Waals surface area contributed by atoms with Crippen LogP contribution in [0.3, 0.4) is 0 Å². The number of nitrogens with one attached hydrogen (secondary N) is 3. The molecule has 3 N–H and O–H groups in total. The zero-order valence-corrected chi connectivity index (χ0v) is 16.2. The molecule has 1 aromatic heterocycles. The molecular formula is C22H25N3O3. The van der Waals surface area contributed by atoms with Crippen LogP contribution in [0.15, 0.2) is 48.7 Å². The molecule has 3 rings (SSSR count). The Morgan fingerprint density at radius 2 is 1.79 bits per heavy atom. The molecule has 0 aliphatic rings. The van der Waals surface area contributed by atoms with Crippen molar-refractivity contribution in [3.63, 3.8) is 0 Å². The van der Waals surface area contributed by atoms with Gasteiger partial charge in [-0.3, -0.25) is 20.4 Å². The smallest absolute Gasteiger partial charge is 0.276 e. The van der Waals surface area contributed by atoms with Crippen LogP contribution in [0.2, 0.25) is 0 Å². The summed E-state index contributed by atoms with van der Waals surface area (Å²) < 4.78 is 5.44. The summed E-state index contributed by atoms with van der Waals surface area (Å²) in [6.07, 6.45) is 3.80. The van der Waals surface area contributed by atoms with E-state index in [0.717, 1.165) is 23.1 Å². The van der Waals surface area contributed by atoms with Gasteiger partial charge in [0.25, 0.3) is 5.91 Å². The molecule has 0 saturated heterocycles. The number of hydrazine groups is 1. The standard InChI is InChI=1S/C22H25N3O3/c1-15-10-11-18(12-16(15)2)28-14-22(27)25-24-21(26)9-5-6-17-13-23-20-8-4-3-7-19(17)20/h3-4,7-8,10-13,23H,5-6,9,14H2,1-2H3,(H,24,26)(H,25,27). The number of aromatic nitrogens is 1. The van der Waals surface area contributed by atoms with E-state index in [0.29, 0.717) is 18.6 Å². The van der Waals surface area contributed by atoms with Crippen molar-refractivity contribution >= 4 is 22.7 Å². The minimum atomic E-state index is -0.400. The lowest BCUT2D eigenvalue weighted by molar-refractivity contribution is -0.130. The number of hydrogen-bond donors (Lipinski definition) is 3. The number of carbonyl (C=O) groups excluding carboxylic acids is 2. The van der Waals surface area contributed by atoms with E-state index >= 15 is 0 Å². The average molecular weight is 379 g/mol. The number of H-pyrrole nitrogens is 1. The molecule has 1 heterocycles. The van der Waals surface area contributed by atoms with Crippen LogP contribution in [-0.2, 0) is 16.0 Å². The van der Waals surface area contributed by atoms with Crippen molar-refractivity contribution in [1.82, 2.24) is 15.8 Å². The van der Waals surface area contributed by atoms with Crippen LogP contribution in [-0.4, -0.2) is 23.4 Å². The normalized spacial score (nSPS) is 10.6. The fourth-order valence-electron chi connectivity index (χ4n) is 2.97. The molecule has 2 aromatic carbocycles. The van der Waals surface area contributed by atoms with Gasteiger partial charge < -0.3 is 9.72 Å². The molecule has 0 atom stereocenters. The molecule has 0 bridgehead atoms. The first-order valence-corrected chi connectivity index (χ1v) is 9.35. The van der Waals surface area contributed by atoms with Gasteiger partial charge in [0.1, 0.15) is 5.75 Å². The molecule has 0 aliphatic heterocycles. The maximum atomic E-state index is 11.9. The van der Waals surface area contributed by atoms with Gasteiger partial charge in [0.2, 0.25) is 5.91 Å². The van der Waals surface area contributed by atoms with Gasteiger partial charge in [-0.1, -0.05) is 24.3 Å². The molecule has 6 heteroatoms. The van der Waals surface area contributed by atoms with E-state index in [1.807, 2.05) is 56.4 Å². The minimum Gasteiger partial charge on any atom is -0.484 e. The van der Waals surface area contributed by atoms with E-state index < -0.39 is 5.91 Å². The molecule has 2 amide bonds. The van der Waals surface area contributed by atoms with Crippen molar-refractivity contribution in [2.75, 3.05) is 6.61 Å². The highest BCUT2D eigenvalue weighted by Gasteiger charge is 2.08. The largest absolute Gasteiger partial charge is 0.484 e. The van der Waals surface area contributed by atoms with Crippen LogP contribution in [0.25, 0.3) is 10.9 Å². The summed E-state index contributed by atoms with van der Waals surface area (Å²) in [4.78, 5) is 27.0. The van der Waals surface area contributed by atoms with Gasteiger partial charge in [-0.2, -0.15) is 0 Å². The molecule has 0 fully saturated rings. The molecule has 0 saturated carbocycles. The Balaban J connectivity index is 1.35. The van der Waals surface area contributed by atoms with Crippen molar-refractivity contribution in [2.24, 2.45) is 0 Å². The lowest BCUT2D eigenvalue weighted by atomic mass is 10.1. The van der Waals surface area contributed by atoms with E-state index in [1.165, 1.54) is 10.9 Å². The number of para-hydroxylation sites is 1. The van der Waals surface area contributed by atoms with Crippen LogP contribution in [0, 0.1) is 13.8 Å². The van der Waals surface area contributed by atoms with E-state index in [1.54, 1.807) is 0 Å². The van der Waals surface area contributed by atoms with Crippen LogP contribution >= 0.6 is 0 Å². The van der Waals surface area contributed by atoms with Crippen LogP contribution in [0.5, 0.6) is 5.75 Å². The number of benzene rings is 2. The van der Waals surface area contributed by atoms with E-state index in [-0.39, 0.29) is 12.5 Å². The van der Waals surface area contributed by atoms with Crippen LogP contribution in [0.4, 0.5) is 0 Å². The summed E-state index contributed by atoms with van der Waals surface area (Å²) in [6.45, 7) is 3.84. The molecule has 0 radical (unpaired) electrons. The number of hydrogen-bond acceptors (Lipinski definition) is 3. The maximum absolute atomic E-state index is 11.9. The predicted octanol–water partition coefficient (Wildman–Crippen LogP) is 3.33. The summed E-state index contributed by atoms with van der Waals surface area (Å²) >= 11 is 0. The highest BCUT2D eigenvalue weighted by Crippen LogP contribution is 2.19. The maximum Gasteiger partial charge on any atom is 0.276 e. The first kappa shape index (κ1) is 19.5. The second-order valence-corrected chi connectivity index (χ2v) is 6.84. The highest BCUT2D eigenvalue weighted by atomic mass is 16.5. The van der Waals surface area contributed by atoms with Gasteiger partial charge in [-0.05, 0) is 61.6 Å². The summed E-state index contributed by atoms with van der Waals surface area (Å²) in [5.41, 5.74) is 9.36. The Morgan fingerprint density at radius 3 is 2.61 bits per heavy atom. The Kier molecular flexibility index (Phi) is 6.32. The molecular weight excluding hydrogens is 354 g/mol. The number of aromatic amines is 1. The topological polar surface area (TPSA) is 83.2 Å². The van der Waals surface area contributed by atoms with Crippen molar-refractivity contribution in [1.29, 1.82) is 0 Å². The molecule has 146 valence electrons. The number of aryl methyl sites for hydroxylation is 3. The van der Waals surface area contributed by atoms with Crippen molar-refractivity contribution in [2.45, 2.75) is 33.1 Å². The minimum absolute atomic E-state index is 0.155. The summed E-state index contributed by atoms with van der Waals surface area (Å²) in [5.74, 6) is 0.00545. The summed E-state index contributed by atoms with van der Waals surface area (Å²) in [5, 5.41) is 1.18. The number of carbonyl (C=O) groups is 2. The van der Waals surface area contributed by atoms with Gasteiger partial charge in [-0.25, -0.2) is 0 Å². The second kappa shape index (κ2) is 9.08. The van der Waals surface area contributed by atoms with Crippen molar-refractivity contribution in [3.8, 4) is 5.75 Å². The van der Waals surface area contributed by atoms with Gasteiger partial charge in [0.05, 0.1) is 0 Å². The Morgan fingerprint density at radius 1 is 1.00 bits per heavy atom. The summed E-state index contributed by atoms with van der Waals surface area (Å²) in [7, 11) is 0.